The van der Waals surface area contributed by atoms with Crippen LogP contribution in [0.1, 0.15) is 5.56 Å². The normalized spacial score (nSPS) is 10.5. The summed E-state index contributed by atoms with van der Waals surface area (Å²) in [7, 11) is 0. The zero-order valence-electron chi connectivity index (χ0n) is 13.4. The molecule has 0 radical (unpaired) electrons. The molecule has 7 heteroatoms. The van der Waals surface area contributed by atoms with Crippen LogP contribution in [0.15, 0.2) is 60.9 Å². The molecule has 0 aliphatic rings. The van der Waals surface area contributed by atoms with Crippen molar-refractivity contribution in [2.45, 2.75) is 6.54 Å². The quantitative estimate of drug-likeness (QED) is 0.711. The Kier molecular flexibility index (Phi) is 5.33. The van der Waals surface area contributed by atoms with Gasteiger partial charge in [-0.15, -0.1) is 0 Å². The number of rotatable bonds is 6. The molecule has 3 N–H and O–H groups in total. The van der Waals surface area contributed by atoms with E-state index in [1.54, 1.807) is 47.4 Å². The van der Waals surface area contributed by atoms with Crippen LogP contribution in [-0.2, 0) is 11.3 Å². The van der Waals surface area contributed by atoms with E-state index in [-0.39, 0.29) is 12.5 Å². The van der Waals surface area contributed by atoms with E-state index in [4.69, 9.17) is 22.1 Å². The number of anilines is 1. The van der Waals surface area contributed by atoms with Crippen LogP contribution >= 0.6 is 11.6 Å². The highest BCUT2D eigenvalue weighted by Crippen LogP contribution is 2.28. The van der Waals surface area contributed by atoms with Crippen molar-refractivity contribution in [1.82, 2.24) is 9.78 Å². The second-order valence-corrected chi connectivity index (χ2v) is 5.68. The zero-order valence-corrected chi connectivity index (χ0v) is 14.1. The molecule has 0 aliphatic heterocycles. The number of hydrogen-bond donors (Lipinski definition) is 2. The first-order valence-electron chi connectivity index (χ1n) is 7.67. The van der Waals surface area contributed by atoms with Crippen molar-refractivity contribution in [3.8, 4) is 11.4 Å². The fraction of sp³-hybridized carbons (Fsp3) is 0.111. The molecule has 0 aliphatic carbocycles. The van der Waals surface area contributed by atoms with Crippen molar-refractivity contribution in [2.24, 2.45) is 5.73 Å². The Morgan fingerprint density at radius 1 is 1.24 bits per heavy atom. The lowest BCUT2D eigenvalue weighted by Gasteiger charge is -2.13. The van der Waals surface area contributed by atoms with Crippen molar-refractivity contribution in [3.63, 3.8) is 0 Å². The summed E-state index contributed by atoms with van der Waals surface area (Å²) < 4.78 is 7.12. The van der Waals surface area contributed by atoms with Crippen molar-refractivity contribution in [2.75, 3.05) is 11.9 Å². The third kappa shape index (κ3) is 4.17. The minimum Gasteiger partial charge on any atom is -0.484 e. The second kappa shape index (κ2) is 7.83. The summed E-state index contributed by atoms with van der Waals surface area (Å²) in [5.41, 5.74) is 7.70. The monoisotopic (exact) mass is 356 g/mol. The Balaban J connectivity index is 1.70. The Bertz CT molecular complexity index is 865. The number of benzene rings is 2. The highest BCUT2D eigenvalue weighted by molar-refractivity contribution is 6.33. The summed E-state index contributed by atoms with van der Waals surface area (Å²) >= 11 is 6.26. The van der Waals surface area contributed by atoms with E-state index in [0.29, 0.717) is 28.7 Å². The van der Waals surface area contributed by atoms with Gasteiger partial charge in [0.2, 0.25) is 0 Å². The van der Waals surface area contributed by atoms with Gasteiger partial charge in [0.25, 0.3) is 5.91 Å². The highest BCUT2D eigenvalue weighted by atomic mass is 35.5. The number of ether oxygens (including phenoxy) is 1. The number of carbonyl (C=O) groups is 1. The number of halogens is 1. The fourth-order valence-electron chi connectivity index (χ4n) is 2.35. The number of hydrogen-bond acceptors (Lipinski definition) is 4. The lowest BCUT2D eigenvalue weighted by molar-refractivity contribution is -0.118. The number of nitrogens with one attached hydrogen (secondary N) is 1. The van der Waals surface area contributed by atoms with Gasteiger partial charge in [0, 0.05) is 18.9 Å². The molecular weight excluding hydrogens is 340 g/mol. The molecular formula is C18H17ClN4O2. The van der Waals surface area contributed by atoms with Crippen LogP contribution in [0, 0.1) is 0 Å². The van der Waals surface area contributed by atoms with Gasteiger partial charge < -0.3 is 15.8 Å². The summed E-state index contributed by atoms with van der Waals surface area (Å²) in [5, 5.41) is 7.45. The first-order valence-corrected chi connectivity index (χ1v) is 8.05. The van der Waals surface area contributed by atoms with Gasteiger partial charge in [0.05, 0.1) is 10.7 Å². The molecule has 3 aromatic rings. The molecule has 1 aromatic heterocycles. The molecule has 0 saturated carbocycles. The SMILES string of the molecule is NCc1cccc(OCC(=O)Nc2cccc(Cl)c2-n2cccn2)c1. The minimum absolute atomic E-state index is 0.126. The van der Waals surface area contributed by atoms with E-state index < -0.39 is 0 Å². The van der Waals surface area contributed by atoms with E-state index >= 15 is 0 Å². The Hall–Kier alpha value is -2.83. The number of carbonyl (C=O) groups excluding carboxylic acids is 1. The van der Waals surface area contributed by atoms with Crippen molar-refractivity contribution in [1.29, 1.82) is 0 Å². The Labute approximate surface area is 150 Å². The lowest BCUT2D eigenvalue weighted by Crippen LogP contribution is -2.21. The number of nitrogens with two attached hydrogens (primary N) is 1. The minimum atomic E-state index is -0.297. The first-order chi connectivity index (χ1) is 12.2. The Morgan fingerprint density at radius 2 is 2.08 bits per heavy atom. The van der Waals surface area contributed by atoms with Gasteiger partial charge in [-0.2, -0.15) is 5.10 Å². The molecule has 0 bridgehead atoms. The second-order valence-electron chi connectivity index (χ2n) is 5.28. The maximum Gasteiger partial charge on any atom is 0.262 e. The van der Waals surface area contributed by atoms with Gasteiger partial charge in [0.15, 0.2) is 6.61 Å². The van der Waals surface area contributed by atoms with Crippen LogP contribution in [0.5, 0.6) is 5.75 Å². The molecule has 1 heterocycles. The third-order valence-electron chi connectivity index (χ3n) is 3.50. The predicted octanol–water partition coefficient (Wildman–Crippen LogP) is 3.00. The molecule has 0 fully saturated rings. The molecule has 3 rings (SSSR count). The number of para-hydroxylation sites is 1. The fourth-order valence-corrected chi connectivity index (χ4v) is 2.61. The smallest absolute Gasteiger partial charge is 0.262 e. The van der Waals surface area contributed by atoms with Gasteiger partial charge in [-0.25, -0.2) is 4.68 Å². The summed E-state index contributed by atoms with van der Waals surface area (Å²) in [5.74, 6) is 0.297. The van der Waals surface area contributed by atoms with Gasteiger partial charge in [-0.1, -0.05) is 29.8 Å². The molecule has 1 amide bonds. The van der Waals surface area contributed by atoms with Crippen LogP contribution in [-0.4, -0.2) is 22.3 Å². The molecule has 128 valence electrons. The highest BCUT2D eigenvalue weighted by Gasteiger charge is 2.12. The molecule has 0 atom stereocenters. The maximum atomic E-state index is 12.2. The van der Waals surface area contributed by atoms with Gasteiger partial charge >= 0.3 is 0 Å². The molecule has 6 nitrogen and oxygen atoms in total. The summed E-state index contributed by atoms with van der Waals surface area (Å²) in [6.45, 7) is 0.290. The van der Waals surface area contributed by atoms with E-state index in [1.807, 2.05) is 18.2 Å². The number of nitrogens with zero attached hydrogens (tertiary/aromatic N) is 2. The summed E-state index contributed by atoms with van der Waals surface area (Å²) in [6, 6.07) is 14.4. The van der Waals surface area contributed by atoms with Crippen molar-refractivity contribution < 1.29 is 9.53 Å². The van der Waals surface area contributed by atoms with Crippen molar-refractivity contribution >= 4 is 23.2 Å². The largest absolute Gasteiger partial charge is 0.484 e. The van der Waals surface area contributed by atoms with E-state index in [2.05, 4.69) is 10.4 Å². The molecule has 0 spiro atoms. The van der Waals surface area contributed by atoms with E-state index in [0.717, 1.165) is 5.56 Å². The van der Waals surface area contributed by atoms with Gasteiger partial charge in [-0.05, 0) is 35.9 Å². The standard InChI is InChI=1S/C18H17ClN4O2/c19-15-6-2-7-16(18(15)23-9-3-8-21-23)22-17(24)12-25-14-5-1-4-13(10-14)11-20/h1-10H,11-12,20H2,(H,22,24). The topological polar surface area (TPSA) is 82.2 Å². The average molecular weight is 357 g/mol. The average Bonchev–Trinajstić information content (AvgIpc) is 3.14. The maximum absolute atomic E-state index is 12.2. The van der Waals surface area contributed by atoms with Crippen molar-refractivity contribution in [3.05, 3.63) is 71.5 Å². The first kappa shape index (κ1) is 17.0. The van der Waals surface area contributed by atoms with E-state index in [9.17, 15) is 4.79 Å². The van der Waals surface area contributed by atoms with Crippen LogP contribution in [0.25, 0.3) is 5.69 Å². The van der Waals surface area contributed by atoms with Crippen LogP contribution < -0.4 is 15.8 Å². The summed E-state index contributed by atoms with van der Waals surface area (Å²) in [4.78, 5) is 12.2. The molecule has 0 saturated heterocycles. The number of amides is 1. The molecule has 2 aromatic carbocycles. The Morgan fingerprint density at radius 3 is 2.84 bits per heavy atom. The van der Waals surface area contributed by atoms with Crippen LogP contribution in [0.2, 0.25) is 5.02 Å². The van der Waals surface area contributed by atoms with E-state index in [1.165, 1.54) is 0 Å². The molecule has 0 unspecified atom stereocenters. The third-order valence-corrected chi connectivity index (χ3v) is 3.80. The van der Waals surface area contributed by atoms with Gasteiger partial charge in [-0.3, -0.25) is 4.79 Å². The molecule has 25 heavy (non-hydrogen) atoms. The zero-order chi connectivity index (χ0) is 17.6. The predicted molar refractivity (Wildman–Crippen MR) is 97.0 cm³/mol. The lowest BCUT2D eigenvalue weighted by atomic mass is 10.2. The summed E-state index contributed by atoms with van der Waals surface area (Å²) in [6.07, 6.45) is 3.40. The van der Waals surface area contributed by atoms with Crippen LogP contribution in [0.4, 0.5) is 5.69 Å². The van der Waals surface area contributed by atoms with Gasteiger partial charge in [0.1, 0.15) is 11.4 Å². The van der Waals surface area contributed by atoms with Crippen LogP contribution in [0.3, 0.4) is 0 Å². The number of aromatic nitrogens is 2.